The average Bonchev–Trinajstić information content (AvgIpc) is 3.36. The molecule has 0 radical (unpaired) electrons. The Morgan fingerprint density at radius 3 is 2.53 bits per heavy atom. The standard InChI is InChI=1S/C27H21ClFN3O4S2/c1-16(18-7-10-24(29)23(13-18)19-3-2-4-21(28)12-19)20(14-31-27-32-25(15-37-27)26(33)34)11-17-5-8-22(9-6-17)38(30,35)36/h2-10,12-15H,1,11H2,(H,31,32)(H,33,34)(H2,30,35,36)/b20-14-. The highest BCUT2D eigenvalue weighted by Crippen LogP contribution is 2.32. The largest absolute Gasteiger partial charge is 0.476 e. The number of anilines is 1. The Morgan fingerprint density at radius 1 is 1.16 bits per heavy atom. The van der Waals surface area contributed by atoms with Crippen LogP contribution >= 0.6 is 22.9 Å². The molecule has 0 aliphatic heterocycles. The van der Waals surface area contributed by atoms with Gasteiger partial charge in [-0.2, -0.15) is 0 Å². The average molecular weight is 570 g/mol. The molecule has 0 bridgehead atoms. The molecule has 0 spiro atoms. The lowest BCUT2D eigenvalue weighted by atomic mass is 9.92. The third-order valence-electron chi connectivity index (χ3n) is 5.58. The summed E-state index contributed by atoms with van der Waals surface area (Å²) >= 11 is 7.23. The van der Waals surface area contributed by atoms with Gasteiger partial charge in [-0.3, -0.25) is 0 Å². The Labute approximate surface area is 227 Å². The lowest BCUT2D eigenvalue weighted by molar-refractivity contribution is 0.0691. The lowest BCUT2D eigenvalue weighted by Crippen LogP contribution is -2.12. The number of nitrogens with one attached hydrogen (secondary N) is 1. The number of hydrogen-bond acceptors (Lipinski definition) is 6. The number of halogens is 2. The van der Waals surface area contributed by atoms with Gasteiger partial charge in [0.2, 0.25) is 10.0 Å². The summed E-state index contributed by atoms with van der Waals surface area (Å²) in [5.41, 5.74) is 3.50. The van der Waals surface area contributed by atoms with Gasteiger partial charge in [-0.05, 0) is 70.7 Å². The van der Waals surface area contributed by atoms with Crippen molar-refractivity contribution in [2.24, 2.45) is 5.14 Å². The molecule has 0 saturated carbocycles. The van der Waals surface area contributed by atoms with E-state index in [0.29, 0.717) is 44.4 Å². The number of thiazole rings is 1. The van der Waals surface area contributed by atoms with Crippen LogP contribution in [0.5, 0.6) is 0 Å². The first-order chi connectivity index (χ1) is 18.0. The van der Waals surface area contributed by atoms with Gasteiger partial charge in [0.05, 0.1) is 4.90 Å². The summed E-state index contributed by atoms with van der Waals surface area (Å²) in [5.74, 6) is -1.56. The SMILES string of the molecule is C=C(/C(=C\Nc1nc(C(=O)O)cs1)Cc1ccc(S(N)(=O)=O)cc1)c1ccc(F)c(-c2cccc(Cl)c2)c1. The van der Waals surface area contributed by atoms with Crippen LogP contribution in [0.15, 0.2) is 95.4 Å². The van der Waals surface area contributed by atoms with Crippen LogP contribution in [0.4, 0.5) is 9.52 Å². The van der Waals surface area contributed by atoms with E-state index in [0.717, 1.165) is 16.9 Å². The maximum absolute atomic E-state index is 14.8. The molecular formula is C27H21ClFN3O4S2. The molecule has 1 heterocycles. The Bertz CT molecular complexity index is 1670. The number of hydrogen-bond donors (Lipinski definition) is 3. The van der Waals surface area contributed by atoms with Crippen LogP contribution < -0.4 is 10.5 Å². The van der Waals surface area contributed by atoms with Crippen molar-refractivity contribution in [3.05, 3.63) is 118 Å². The lowest BCUT2D eigenvalue weighted by Gasteiger charge is -2.14. The van der Waals surface area contributed by atoms with Crippen molar-refractivity contribution in [3.63, 3.8) is 0 Å². The van der Waals surface area contributed by atoms with E-state index in [1.165, 1.54) is 23.6 Å². The molecule has 7 nitrogen and oxygen atoms in total. The summed E-state index contributed by atoms with van der Waals surface area (Å²) in [7, 11) is -3.84. The predicted molar refractivity (Wildman–Crippen MR) is 148 cm³/mol. The first-order valence-corrected chi connectivity index (χ1v) is 13.8. The number of rotatable bonds is 9. The van der Waals surface area contributed by atoms with E-state index in [1.807, 2.05) is 0 Å². The number of allylic oxidation sites excluding steroid dienone is 2. The van der Waals surface area contributed by atoms with Gasteiger partial charge in [-0.15, -0.1) is 11.3 Å². The Balaban J connectivity index is 1.70. The molecule has 4 aromatic rings. The number of carboxylic acid groups (broad SMARTS) is 1. The molecule has 0 saturated heterocycles. The Kier molecular flexibility index (Phi) is 8.08. The van der Waals surface area contributed by atoms with Crippen LogP contribution in [0.1, 0.15) is 21.6 Å². The minimum atomic E-state index is -3.84. The van der Waals surface area contributed by atoms with Crippen molar-refractivity contribution in [2.45, 2.75) is 11.3 Å². The van der Waals surface area contributed by atoms with E-state index < -0.39 is 21.8 Å². The highest BCUT2D eigenvalue weighted by Gasteiger charge is 2.14. The van der Waals surface area contributed by atoms with E-state index in [-0.39, 0.29) is 10.6 Å². The number of aromatic carboxylic acids is 1. The second-order valence-corrected chi connectivity index (χ2v) is 11.1. The van der Waals surface area contributed by atoms with Crippen LogP contribution in [0.25, 0.3) is 16.7 Å². The van der Waals surface area contributed by atoms with E-state index in [9.17, 15) is 17.6 Å². The molecular weight excluding hydrogens is 549 g/mol. The first kappa shape index (κ1) is 27.2. The van der Waals surface area contributed by atoms with E-state index in [1.54, 1.807) is 54.7 Å². The summed E-state index contributed by atoms with van der Waals surface area (Å²) in [5, 5.41) is 19.6. The number of benzene rings is 3. The summed E-state index contributed by atoms with van der Waals surface area (Å²) in [6.45, 7) is 4.22. The quantitative estimate of drug-likeness (QED) is 0.206. The number of nitrogens with two attached hydrogens (primary N) is 1. The maximum Gasteiger partial charge on any atom is 0.355 e. The molecule has 0 unspecified atom stereocenters. The molecule has 0 amide bonds. The molecule has 11 heteroatoms. The minimum absolute atomic E-state index is 0.0163. The van der Waals surface area contributed by atoms with Crippen LogP contribution in [0.3, 0.4) is 0 Å². The molecule has 194 valence electrons. The predicted octanol–water partition coefficient (Wildman–Crippen LogP) is 6.20. The highest BCUT2D eigenvalue weighted by atomic mass is 35.5. The van der Waals surface area contributed by atoms with Gasteiger partial charge in [0.15, 0.2) is 10.8 Å². The summed E-state index contributed by atoms with van der Waals surface area (Å²) in [6, 6.07) is 17.6. The van der Waals surface area contributed by atoms with Gasteiger partial charge in [0.25, 0.3) is 0 Å². The first-order valence-electron chi connectivity index (χ1n) is 11.0. The van der Waals surface area contributed by atoms with Crippen molar-refractivity contribution in [3.8, 4) is 11.1 Å². The number of carboxylic acids is 1. The third kappa shape index (κ3) is 6.53. The molecule has 0 fully saturated rings. The van der Waals surface area contributed by atoms with Crippen molar-refractivity contribution >= 4 is 49.6 Å². The number of carbonyl (C=O) groups is 1. The summed E-state index contributed by atoms with van der Waals surface area (Å²) in [6.07, 6.45) is 1.96. The third-order valence-corrected chi connectivity index (χ3v) is 7.52. The number of primary sulfonamides is 1. The zero-order chi connectivity index (χ0) is 27.4. The van der Waals surface area contributed by atoms with Crippen molar-refractivity contribution < 1.29 is 22.7 Å². The van der Waals surface area contributed by atoms with Gasteiger partial charge in [0, 0.05) is 22.2 Å². The molecule has 4 N–H and O–H groups in total. The molecule has 38 heavy (non-hydrogen) atoms. The topological polar surface area (TPSA) is 122 Å². The van der Waals surface area contributed by atoms with Gasteiger partial charge >= 0.3 is 5.97 Å². The number of aromatic nitrogens is 1. The fourth-order valence-electron chi connectivity index (χ4n) is 3.62. The second-order valence-electron chi connectivity index (χ2n) is 8.21. The molecule has 3 aromatic carbocycles. The van der Waals surface area contributed by atoms with E-state index >= 15 is 0 Å². The van der Waals surface area contributed by atoms with Gasteiger partial charge in [-0.1, -0.05) is 48.5 Å². The summed E-state index contributed by atoms with van der Waals surface area (Å²) in [4.78, 5) is 15.2. The zero-order valence-corrected chi connectivity index (χ0v) is 22.1. The molecule has 0 atom stereocenters. The minimum Gasteiger partial charge on any atom is -0.476 e. The fraction of sp³-hybridized carbons (Fsp3) is 0.0370. The van der Waals surface area contributed by atoms with Crippen molar-refractivity contribution in [2.75, 3.05) is 5.32 Å². The van der Waals surface area contributed by atoms with Crippen LogP contribution in [-0.2, 0) is 16.4 Å². The Hall–Kier alpha value is -3.83. The maximum atomic E-state index is 14.8. The second kappa shape index (κ2) is 11.3. The zero-order valence-electron chi connectivity index (χ0n) is 19.7. The smallest absolute Gasteiger partial charge is 0.355 e. The molecule has 1 aromatic heterocycles. The number of nitrogens with zero attached hydrogens (tertiary/aromatic N) is 1. The molecule has 0 aliphatic rings. The molecule has 4 rings (SSSR count). The van der Waals surface area contributed by atoms with Crippen LogP contribution in [0, 0.1) is 5.82 Å². The van der Waals surface area contributed by atoms with Crippen molar-refractivity contribution in [1.29, 1.82) is 0 Å². The monoisotopic (exact) mass is 569 g/mol. The van der Waals surface area contributed by atoms with E-state index in [4.69, 9.17) is 21.8 Å². The van der Waals surface area contributed by atoms with Gasteiger partial charge < -0.3 is 10.4 Å². The fourth-order valence-corrected chi connectivity index (χ4v) is 4.98. The van der Waals surface area contributed by atoms with Crippen LogP contribution in [0.2, 0.25) is 5.02 Å². The van der Waals surface area contributed by atoms with E-state index in [2.05, 4.69) is 16.9 Å². The number of sulfonamides is 1. The van der Waals surface area contributed by atoms with Crippen LogP contribution in [-0.4, -0.2) is 24.5 Å². The normalized spacial score (nSPS) is 11.8. The molecule has 0 aliphatic carbocycles. The van der Waals surface area contributed by atoms with Gasteiger partial charge in [-0.25, -0.2) is 27.7 Å². The highest BCUT2D eigenvalue weighted by molar-refractivity contribution is 7.89. The Morgan fingerprint density at radius 2 is 1.89 bits per heavy atom. The summed E-state index contributed by atoms with van der Waals surface area (Å²) < 4.78 is 38.0. The van der Waals surface area contributed by atoms with Crippen molar-refractivity contribution in [1.82, 2.24) is 4.98 Å². The van der Waals surface area contributed by atoms with Gasteiger partial charge in [0.1, 0.15) is 5.82 Å².